The monoisotopic (exact) mass is 176 g/mol. The summed E-state index contributed by atoms with van der Waals surface area (Å²) >= 11 is 4.23. The maximum absolute atomic E-state index is 5.81. The molecule has 0 saturated heterocycles. The van der Waals surface area contributed by atoms with Crippen LogP contribution in [0.15, 0.2) is 35.5 Å². The van der Waals surface area contributed by atoms with Crippen molar-refractivity contribution in [1.29, 1.82) is 0 Å². The number of rotatable bonds is 0. The van der Waals surface area contributed by atoms with E-state index in [2.05, 4.69) is 17.6 Å². The van der Waals surface area contributed by atoms with Gasteiger partial charge in [0.1, 0.15) is 0 Å². The summed E-state index contributed by atoms with van der Waals surface area (Å²) in [6.07, 6.45) is 3.52. The molecule has 3 heteroatoms. The number of nitrogens with zero attached hydrogens (tertiary/aromatic N) is 1. The van der Waals surface area contributed by atoms with Gasteiger partial charge in [0.25, 0.3) is 0 Å². The van der Waals surface area contributed by atoms with Crippen LogP contribution in [0.1, 0.15) is 0 Å². The van der Waals surface area contributed by atoms with Gasteiger partial charge in [-0.3, -0.25) is 4.98 Å². The van der Waals surface area contributed by atoms with Gasteiger partial charge in [-0.15, -0.1) is 12.6 Å². The van der Waals surface area contributed by atoms with Crippen molar-refractivity contribution in [1.82, 2.24) is 4.98 Å². The van der Waals surface area contributed by atoms with Crippen LogP contribution < -0.4 is 5.73 Å². The molecular weight excluding hydrogens is 168 g/mol. The minimum Gasteiger partial charge on any atom is -0.397 e. The minimum absolute atomic E-state index is 0.721. The number of nitrogen functional groups attached to an aromatic ring is 1. The quantitative estimate of drug-likeness (QED) is 0.476. The molecule has 12 heavy (non-hydrogen) atoms. The molecule has 2 N–H and O–H groups in total. The number of thiol groups is 1. The fourth-order valence-electron chi connectivity index (χ4n) is 1.18. The number of hydrogen-bond acceptors (Lipinski definition) is 3. The first-order valence-corrected chi connectivity index (χ1v) is 4.05. The molecular formula is C9H8N2S. The summed E-state index contributed by atoms with van der Waals surface area (Å²) in [5, 5.41) is 2.06. The number of fused-ring (bicyclic) bond motifs is 1. The predicted octanol–water partition coefficient (Wildman–Crippen LogP) is 2.11. The van der Waals surface area contributed by atoms with Crippen molar-refractivity contribution in [2.45, 2.75) is 4.90 Å². The summed E-state index contributed by atoms with van der Waals surface area (Å²) in [5.74, 6) is 0. The Balaban J connectivity index is 2.91. The zero-order valence-corrected chi connectivity index (χ0v) is 7.25. The van der Waals surface area contributed by atoms with Crippen LogP contribution in [-0.4, -0.2) is 4.98 Å². The number of benzene rings is 1. The summed E-state index contributed by atoms with van der Waals surface area (Å²) in [4.78, 5) is 4.82. The van der Waals surface area contributed by atoms with Crippen LogP contribution in [0.3, 0.4) is 0 Å². The molecule has 0 amide bonds. The smallest absolute Gasteiger partial charge is 0.0530 e. The van der Waals surface area contributed by atoms with Gasteiger partial charge in [0.15, 0.2) is 0 Å². The molecule has 60 valence electrons. The molecule has 1 heterocycles. The largest absolute Gasteiger partial charge is 0.397 e. The van der Waals surface area contributed by atoms with E-state index in [0.29, 0.717) is 0 Å². The number of anilines is 1. The van der Waals surface area contributed by atoms with Gasteiger partial charge in [0, 0.05) is 28.1 Å². The molecule has 2 rings (SSSR count). The first-order chi connectivity index (χ1) is 5.79. The molecule has 0 fully saturated rings. The average Bonchev–Trinajstić information content (AvgIpc) is 2.12. The highest BCUT2D eigenvalue weighted by atomic mass is 32.1. The van der Waals surface area contributed by atoms with Gasteiger partial charge in [-0.05, 0) is 12.1 Å². The molecule has 0 saturated carbocycles. The Morgan fingerprint density at radius 3 is 2.92 bits per heavy atom. The number of pyridine rings is 1. The molecule has 2 aromatic rings. The second-order valence-corrected chi connectivity index (χ2v) is 3.08. The van der Waals surface area contributed by atoms with Gasteiger partial charge >= 0.3 is 0 Å². The van der Waals surface area contributed by atoms with Gasteiger partial charge in [-0.25, -0.2) is 0 Å². The highest BCUT2D eigenvalue weighted by Crippen LogP contribution is 2.25. The Labute approximate surface area is 75.8 Å². The summed E-state index contributed by atoms with van der Waals surface area (Å²) in [6.45, 7) is 0. The lowest BCUT2D eigenvalue weighted by Gasteiger charge is -2.02. The van der Waals surface area contributed by atoms with E-state index < -0.39 is 0 Å². The first-order valence-electron chi connectivity index (χ1n) is 3.60. The van der Waals surface area contributed by atoms with Gasteiger partial charge in [0.05, 0.1) is 5.69 Å². The van der Waals surface area contributed by atoms with Crippen LogP contribution in [0.2, 0.25) is 0 Å². The van der Waals surface area contributed by atoms with Crippen molar-refractivity contribution in [3.63, 3.8) is 0 Å². The number of aromatic nitrogens is 1. The number of nitrogens with two attached hydrogens (primary N) is 1. The normalized spacial score (nSPS) is 10.4. The van der Waals surface area contributed by atoms with Crippen LogP contribution in [-0.2, 0) is 0 Å². The summed E-state index contributed by atoms with van der Waals surface area (Å²) < 4.78 is 0. The number of hydrogen-bond donors (Lipinski definition) is 2. The molecule has 0 radical (unpaired) electrons. The van der Waals surface area contributed by atoms with Crippen LogP contribution in [0.4, 0.5) is 5.69 Å². The Kier molecular flexibility index (Phi) is 1.66. The molecule has 0 spiro atoms. The van der Waals surface area contributed by atoms with Crippen LogP contribution in [0.25, 0.3) is 10.8 Å². The molecule has 0 bridgehead atoms. The zero-order valence-electron chi connectivity index (χ0n) is 6.36. The van der Waals surface area contributed by atoms with Crippen molar-refractivity contribution < 1.29 is 0 Å². The van der Waals surface area contributed by atoms with E-state index >= 15 is 0 Å². The van der Waals surface area contributed by atoms with E-state index in [1.165, 1.54) is 0 Å². The lowest BCUT2D eigenvalue weighted by atomic mass is 10.1. The van der Waals surface area contributed by atoms with Gasteiger partial charge in [0.2, 0.25) is 0 Å². The Hall–Kier alpha value is -1.22. The van der Waals surface area contributed by atoms with Crippen molar-refractivity contribution >= 4 is 29.1 Å². The summed E-state index contributed by atoms with van der Waals surface area (Å²) in [6, 6.07) is 5.73. The third-order valence-electron chi connectivity index (χ3n) is 1.84. The first kappa shape index (κ1) is 7.43. The molecule has 0 unspecified atom stereocenters. The topological polar surface area (TPSA) is 38.9 Å². The van der Waals surface area contributed by atoms with Crippen LogP contribution in [0.5, 0.6) is 0 Å². The van der Waals surface area contributed by atoms with Gasteiger partial charge in [-0.2, -0.15) is 0 Å². The average molecular weight is 176 g/mol. The second-order valence-electron chi connectivity index (χ2n) is 2.60. The minimum atomic E-state index is 0.721. The van der Waals surface area contributed by atoms with E-state index in [-0.39, 0.29) is 0 Å². The van der Waals surface area contributed by atoms with E-state index in [0.717, 1.165) is 21.4 Å². The predicted molar refractivity (Wildman–Crippen MR) is 53.4 cm³/mol. The maximum Gasteiger partial charge on any atom is 0.0530 e. The van der Waals surface area contributed by atoms with Crippen molar-refractivity contribution in [2.75, 3.05) is 5.73 Å². The van der Waals surface area contributed by atoms with Crippen molar-refractivity contribution in [2.24, 2.45) is 0 Å². The molecule has 2 nitrogen and oxygen atoms in total. The van der Waals surface area contributed by atoms with Crippen molar-refractivity contribution in [3.05, 3.63) is 30.6 Å². The Morgan fingerprint density at radius 1 is 1.25 bits per heavy atom. The molecule has 1 aromatic carbocycles. The molecule has 0 atom stereocenters. The fraction of sp³-hybridized carbons (Fsp3) is 0. The third-order valence-corrected chi connectivity index (χ3v) is 2.23. The lowest BCUT2D eigenvalue weighted by Crippen LogP contribution is -1.88. The van der Waals surface area contributed by atoms with Crippen molar-refractivity contribution in [3.8, 4) is 0 Å². The lowest BCUT2D eigenvalue weighted by molar-refractivity contribution is 1.36. The van der Waals surface area contributed by atoms with E-state index in [1.807, 2.05) is 18.2 Å². The zero-order chi connectivity index (χ0) is 8.55. The highest BCUT2D eigenvalue weighted by molar-refractivity contribution is 7.80. The molecule has 1 aromatic heterocycles. The summed E-state index contributed by atoms with van der Waals surface area (Å²) in [5.41, 5.74) is 6.53. The maximum atomic E-state index is 5.81. The highest BCUT2D eigenvalue weighted by Gasteiger charge is 1.99. The SMILES string of the molecule is Nc1c(S)ccc2cnccc12. The molecule has 0 aliphatic rings. The Bertz CT molecular complexity index is 426. The third kappa shape index (κ3) is 1.02. The van der Waals surface area contributed by atoms with Crippen LogP contribution >= 0.6 is 12.6 Å². The van der Waals surface area contributed by atoms with E-state index in [4.69, 9.17) is 5.73 Å². The van der Waals surface area contributed by atoms with Crippen LogP contribution in [0, 0.1) is 0 Å². The standard InChI is InChI=1S/C9H8N2S/c10-9-7-3-4-11-5-6(7)1-2-8(9)12/h1-5,12H,10H2. The molecule has 0 aliphatic heterocycles. The van der Waals surface area contributed by atoms with E-state index in [1.54, 1.807) is 12.4 Å². The van der Waals surface area contributed by atoms with Gasteiger partial charge < -0.3 is 5.73 Å². The second kappa shape index (κ2) is 2.68. The van der Waals surface area contributed by atoms with E-state index in [9.17, 15) is 0 Å². The summed E-state index contributed by atoms with van der Waals surface area (Å²) in [7, 11) is 0. The van der Waals surface area contributed by atoms with Gasteiger partial charge in [-0.1, -0.05) is 6.07 Å². The fourth-order valence-corrected chi connectivity index (χ4v) is 1.38. The Morgan fingerprint density at radius 2 is 2.08 bits per heavy atom. The molecule has 0 aliphatic carbocycles.